The van der Waals surface area contributed by atoms with Crippen LogP contribution in [0.4, 0.5) is 5.82 Å². The molecular formula is C12H19N3O2. The fourth-order valence-electron chi connectivity index (χ4n) is 1.60. The molecular weight excluding hydrogens is 218 g/mol. The molecule has 0 fully saturated rings. The summed E-state index contributed by atoms with van der Waals surface area (Å²) in [5, 5.41) is 8.93. The second-order valence-corrected chi connectivity index (χ2v) is 4.20. The Kier molecular flexibility index (Phi) is 4.43. The number of hydrogen-bond acceptors (Lipinski definition) is 4. The van der Waals surface area contributed by atoms with Gasteiger partial charge >= 0.3 is 5.97 Å². The van der Waals surface area contributed by atoms with Crippen LogP contribution >= 0.6 is 0 Å². The van der Waals surface area contributed by atoms with Crippen LogP contribution in [0.2, 0.25) is 0 Å². The van der Waals surface area contributed by atoms with Crippen molar-refractivity contribution in [2.75, 3.05) is 18.0 Å². The number of carbonyl (C=O) groups is 1. The van der Waals surface area contributed by atoms with Crippen molar-refractivity contribution < 1.29 is 9.90 Å². The van der Waals surface area contributed by atoms with E-state index < -0.39 is 11.9 Å². The number of carboxylic acid groups (broad SMARTS) is 1. The zero-order valence-electron chi connectivity index (χ0n) is 10.8. The molecule has 5 nitrogen and oxygen atoms in total. The Morgan fingerprint density at radius 3 is 2.71 bits per heavy atom. The second kappa shape index (κ2) is 5.61. The van der Waals surface area contributed by atoms with E-state index in [0.29, 0.717) is 6.54 Å². The van der Waals surface area contributed by atoms with E-state index in [2.05, 4.69) is 9.97 Å². The van der Waals surface area contributed by atoms with Crippen molar-refractivity contribution in [2.24, 2.45) is 5.92 Å². The number of aryl methyl sites for hydroxylation is 2. The van der Waals surface area contributed by atoms with Crippen LogP contribution in [-0.2, 0) is 4.79 Å². The largest absolute Gasteiger partial charge is 0.481 e. The van der Waals surface area contributed by atoms with E-state index in [0.717, 1.165) is 23.8 Å². The van der Waals surface area contributed by atoms with Gasteiger partial charge in [0.25, 0.3) is 0 Å². The molecule has 0 aromatic carbocycles. The van der Waals surface area contributed by atoms with Crippen molar-refractivity contribution in [2.45, 2.75) is 27.7 Å². The first kappa shape index (κ1) is 13.4. The van der Waals surface area contributed by atoms with Gasteiger partial charge in [0.1, 0.15) is 5.82 Å². The molecule has 0 aliphatic carbocycles. The van der Waals surface area contributed by atoms with E-state index in [9.17, 15) is 4.79 Å². The van der Waals surface area contributed by atoms with Gasteiger partial charge in [-0.15, -0.1) is 0 Å². The third-order valence-corrected chi connectivity index (χ3v) is 2.65. The van der Waals surface area contributed by atoms with Crippen molar-refractivity contribution in [3.05, 3.63) is 17.6 Å². The van der Waals surface area contributed by atoms with Crippen LogP contribution in [0, 0.1) is 19.8 Å². The molecule has 1 unspecified atom stereocenters. The summed E-state index contributed by atoms with van der Waals surface area (Å²) in [7, 11) is 0. The molecule has 17 heavy (non-hydrogen) atoms. The number of carboxylic acids is 1. The molecule has 0 bridgehead atoms. The lowest BCUT2D eigenvalue weighted by atomic mass is 10.1. The highest BCUT2D eigenvalue weighted by molar-refractivity contribution is 5.70. The molecule has 5 heteroatoms. The fraction of sp³-hybridized carbons (Fsp3) is 0.583. The molecule has 1 N–H and O–H groups in total. The Hall–Kier alpha value is -1.65. The van der Waals surface area contributed by atoms with Crippen molar-refractivity contribution in [3.63, 3.8) is 0 Å². The zero-order valence-corrected chi connectivity index (χ0v) is 10.8. The summed E-state index contributed by atoms with van der Waals surface area (Å²) in [5.74, 6) is -0.432. The zero-order chi connectivity index (χ0) is 13.0. The number of aliphatic carboxylic acids is 1. The summed E-state index contributed by atoms with van der Waals surface area (Å²) >= 11 is 0. The molecule has 1 aromatic rings. The standard InChI is InChI=1S/C12H19N3O2/c1-5-15(7-8(2)12(16)17)11-10(4)13-6-9(3)14-11/h6,8H,5,7H2,1-4H3,(H,16,17). The first-order chi connectivity index (χ1) is 7.95. The lowest BCUT2D eigenvalue weighted by Crippen LogP contribution is -2.33. The van der Waals surface area contributed by atoms with Gasteiger partial charge in [0, 0.05) is 19.3 Å². The van der Waals surface area contributed by atoms with E-state index in [1.807, 2.05) is 25.7 Å². The Labute approximate surface area is 102 Å². The fourth-order valence-corrected chi connectivity index (χ4v) is 1.60. The van der Waals surface area contributed by atoms with Gasteiger partial charge in [0.15, 0.2) is 0 Å². The van der Waals surface area contributed by atoms with Gasteiger partial charge in [-0.1, -0.05) is 6.92 Å². The minimum atomic E-state index is -0.790. The first-order valence-electron chi connectivity index (χ1n) is 5.73. The van der Waals surface area contributed by atoms with Crippen molar-refractivity contribution in [1.82, 2.24) is 9.97 Å². The van der Waals surface area contributed by atoms with Crippen molar-refractivity contribution >= 4 is 11.8 Å². The van der Waals surface area contributed by atoms with Gasteiger partial charge in [-0.05, 0) is 20.8 Å². The summed E-state index contributed by atoms with van der Waals surface area (Å²) < 4.78 is 0. The summed E-state index contributed by atoms with van der Waals surface area (Å²) in [5.41, 5.74) is 1.67. The molecule has 0 amide bonds. The van der Waals surface area contributed by atoms with Crippen LogP contribution in [0.15, 0.2) is 6.20 Å². The highest BCUT2D eigenvalue weighted by atomic mass is 16.4. The third-order valence-electron chi connectivity index (χ3n) is 2.65. The average Bonchev–Trinajstić information content (AvgIpc) is 2.29. The molecule has 1 aromatic heterocycles. The maximum Gasteiger partial charge on any atom is 0.308 e. The van der Waals surface area contributed by atoms with Gasteiger partial charge in [-0.25, -0.2) is 4.98 Å². The summed E-state index contributed by atoms with van der Waals surface area (Å²) in [6.07, 6.45) is 1.72. The Morgan fingerprint density at radius 1 is 1.53 bits per heavy atom. The van der Waals surface area contributed by atoms with Crippen LogP contribution in [0.1, 0.15) is 25.2 Å². The Bertz CT molecular complexity index is 407. The van der Waals surface area contributed by atoms with Gasteiger partial charge in [0.2, 0.25) is 0 Å². The highest BCUT2D eigenvalue weighted by Crippen LogP contribution is 2.16. The van der Waals surface area contributed by atoms with Crippen molar-refractivity contribution in [3.8, 4) is 0 Å². The van der Waals surface area contributed by atoms with E-state index in [-0.39, 0.29) is 0 Å². The highest BCUT2D eigenvalue weighted by Gasteiger charge is 2.18. The van der Waals surface area contributed by atoms with Crippen LogP contribution in [-0.4, -0.2) is 34.1 Å². The topological polar surface area (TPSA) is 66.3 Å². The van der Waals surface area contributed by atoms with E-state index in [4.69, 9.17) is 5.11 Å². The molecule has 0 aliphatic rings. The lowest BCUT2D eigenvalue weighted by Gasteiger charge is -2.25. The molecule has 1 rings (SSSR count). The molecule has 0 radical (unpaired) electrons. The molecule has 0 saturated heterocycles. The van der Waals surface area contributed by atoms with E-state index in [1.165, 1.54) is 0 Å². The molecule has 1 heterocycles. The number of anilines is 1. The van der Waals surface area contributed by atoms with Gasteiger partial charge < -0.3 is 10.0 Å². The minimum absolute atomic E-state index is 0.420. The minimum Gasteiger partial charge on any atom is -0.481 e. The number of rotatable bonds is 5. The third kappa shape index (κ3) is 3.41. The molecule has 0 aliphatic heterocycles. The molecule has 0 spiro atoms. The molecule has 94 valence electrons. The Morgan fingerprint density at radius 2 is 2.18 bits per heavy atom. The van der Waals surface area contributed by atoms with Crippen LogP contribution < -0.4 is 4.90 Å². The summed E-state index contributed by atoms with van der Waals surface area (Å²) in [6, 6.07) is 0. The van der Waals surface area contributed by atoms with Gasteiger partial charge in [-0.2, -0.15) is 0 Å². The van der Waals surface area contributed by atoms with Gasteiger partial charge in [0.05, 0.1) is 17.3 Å². The van der Waals surface area contributed by atoms with Crippen molar-refractivity contribution in [1.29, 1.82) is 0 Å². The maximum absolute atomic E-state index is 10.9. The summed E-state index contributed by atoms with van der Waals surface area (Å²) in [4.78, 5) is 21.5. The number of hydrogen-bond donors (Lipinski definition) is 1. The van der Waals surface area contributed by atoms with Crippen LogP contribution in [0.3, 0.4) is 0 Å². The molecule has 1 atom stereocenters. The SMILES string of the molecule is CCN(CC(C)C(=O)O)c1nc(C)cnc1C. The predicted octanol–water partition coefficient (Wildman–Crippen LogP) is 1.64. The quantitative estimate of drug-likeness (QED) is 0.843. The number of aromatic nitrogens is 2. The average molecular weight is 237 g/mol. The number of nitrogens with zero attached hydrogens (tertiary/aromatic N) is 3. The predicted molar refractivity (Wildman–Crippen MR) is 66.2 cm³/mol. The monoisotopic (exact) mass is 237 g/mol. The summed E-state index contributed by atoms with van der Waals surface area (Å²) in [6.45, 7) is 8.61. The van der Waals surface area contributed by atoms with Crippen LogP contribution in [0.25, 0.3) is 0 Å². The Balaban J connectivity index is 2.93. The smallest absolute Gasteiger partial charge is 0.308 e. The van der Waals surface area contributed by atoms with Crippen LogP contribution in [0.5, 0.6) is 0 Å². The first-order valence-corrected chi connectivity index (χ1v) is 5.73. The van der Waals surface area contributed by atoms with E-state index in [1.54, 1.807) is 13.1 Å². The van der Waals surface area contributed by atoms with E-state index >= 15 is 0 Å². The van der Waals surface area contributed by atoms with Gasteiger partial charge in [-0.3, -0.25) is 9.78 Å². The second-order valence-electron chi connectivity index (χ2n) is 4.20. The lowest BCUT2D eigenvalue weighted by molar-refractivity contribution is -0.140. The maximum atomic E-state index is 10.9. The molecule has 0 saturated carbocycles. The normalized spacial score (nSPS) is 12.2.